The zero-order chi connectivity index (χ0) is 13.9. The number of halogens is 1. The summed E-state index contributed by atoms with van der Waals surface area (Å²) >= 11 is 3.47. The fraction of sp³-hybridized carbons (Fsp3) is 0.312. The smallest absolute Gasteiger partial charge is 0.130 e. The molecule has 1 aliphatic heterocycles. The van der Waals surface area contributed by atoms with E-state index >= 15 is 0 Å². The van der Waals surface area contributed by atoms with Gasteiger partial charge in [-0.1, -0.05) is 0 Å². The molecule has 0 spiro atoms. The topological polar surface area (TPSA) is 28.2 Å². The highest BCUT2D eigenvalue weighted by Crippen LogP contribution is 2.24. The van der Waals surface area contributed by atoms with E-state index in [1.807, 2.05) is 12.3 Å². The lowest BCUT2D eigenvalue weighted by Crippen LogP contribution is -2.17. The van der Waals surface area contributed by atoms with Gasteiger partial charge in [0.1, 0.15) is 5.82 Å². The van der Waals surface area contributed by atoms with Gasteiger partial charge in [-0.05, 0) is 71.6 Å². The second kappa shape index (κ2) is 5.83. The van der Waals surface area contributed by atoms with Gasteiger partial charge in [0.2, 0.25) is 0 Å². The predicted octanol–water partition coefficient (Wildman–Crippen LogP) is 4.50. The van der Waals surface area contributed by atoms with Gasteiger partial charge >= 0.3 is 0 Å². The van der Waals surface area contributed by atoms with E-state index in [1.54, 1.807) is 0 Å². The number of benzene rings is 1. The van der Waals surface area contributed by atoms with Crippen LogP contribution in [0.3, 0.4) is 0 Å². The average molecular weight is 332 g/mol. The van der Waals surface area contributed by atoms with Crippen molar-refractivity contribution in [1.82, 2.24) is 4.98 Å². The summed E-state index contributed by atoms with van der Waals surface area (Å²) in [6.45, 7) is 4.42. The van der Waals surface area contributed by atoms with Crippen LogP contribution in [0.4, 0.5) is 17.2 Å². The number of aromatic nitrogens is 1. The molecule has 0 aliphatic carbocycles. The molecule has 1 aromatic carbocycles. The molecule has 0 atom stereocenters. The van der Waals surface area contributed by atoms with Gasteiger partial charge in [0.05, 0.1) is 0 Å². The highest BCUT2D eigenvalue weighted by molar-refractivity contribution is 9.10. The summed E-state index contributed by atoms with van der Waals surface area (Å²) in [5.41, 5.74) is 3.56. The van der Waals surface area contributed by atoms with Crippen molar-refractivity contribution in [1.29, 1.82) is 0 Å². The van der Waals surface area contributed by atoms with E-state index in [1.165, 1.54) is 37.2 Å². The SMILES string of the molecule is Cc1cc(Nc2ccc(N3CCCC3)cc2)ncc1Br. The normalized spacial score (nSPS) is 14.6. The van der Waals surface area contributed by atoms with Crippen molar-refractivity contribution in [2.75, 3.05) is 23.3 Å². The fourth-order valence-electron chi connectivity index (χ4n) is 2.49. The molecule has 20 heavy (non-hydrogen) atoms. The molecule has 0 radical (unpaired) electrons. The predicted molar refractivity (Wildman–Crippen MR) is 87.8 cm³/mol. The van der Waals surface area contributed by atoms with E-state index in [4.69, 9.17) is 0 Å². The van der Waals surface area contributed by atoms with Crippen molar-refractivity contribution in [3.63, 3.8) is 0 Å². The van der Waals surface area contributed by atoms with Crippen LogP contribution >= 0.6 is 15.9 Å². The van der Waals surface area contributed by atoms with Crippen LogP contribution in [0.25, 0.3) is 0 Å². The number of nitrogens with one attached hydrogen (secondary N) is 1. The lowest BCUT2D eigenvalue weighted by molar-refractivity contribution is 0.949. The molecular formula is C16H18BrN3. The first-order valence-electron chi connectivity index (χ1n) is 6.96. The maximum Gasteiger partial charge on any atom is 0.130 e. The zero-order valence-electron chi connectivity index (χ0n) is 11.6. The molecule has 0 unspecified atom stereocenters. The van der Waals surface area contributed by atoms with Crippen molar-refractivity contribution in [3.8, 4) is 0 Å². The van der Waals surface area contributed by atoms with Gasteiger partial charge < -0.3 is 10.2 Å². The summed E-state index contributed by atoms with van der Waals surface area (Å²) < 4.78 is 1.03. The minimum atomic E-state index is 0.875. The third-order valence-electron chi connectivity index (χ3n) is 3.66. The molecule has 0 amide bonds. The maximum absolute atomic E-state index is 4.37. The van der Waals surface area contributed by atoms with Crippen molar-refractivity contribution < 1.29 is 0 Å². The summed E-state index contributed by atoms with van der Waals surface area (Å²) in [5, 5.41) is 3.34. The van der Waals surface area contributed by atoms with Gasteiger partial charge in [-0.3, -0.25) is 0 Å². The minimum Gasteiger partial charge on any atom is -0.372 e. The first kappa shape index (κ1) is 13.4. The van der Waals surface area contributed by atoms with Crippen molar-refractivity contribution in [2.24, 2.45) is 0 Å². The molecule has 0 saturated carbocycles. The van der Waals surface area contributed by atoms with Crippen LogP contribution in [0.15, 0.2) is 41.0 Å². The van der Waals surface area contributed by atoms with Crippen LogP contribution < -0.4 is 10.2 Å². The number of anilines is 3. The van der Waals surface area contributed by atoms with Gasteiger partial charge in [-0.15, -0.1) is 0 Å². The summed E-state index contributed by atoms with van der Waals surface area (Å²) in [4.78, 5) is 6.80. The summed E-state index contributed by atoms with van der Waals surface area (Å²) in [7, 11) is 0. The summed E-state index contributed by atoms with van der Waals surface area (Å²) in [6, 6.07) is 10.6. The van der Waals surface area contributed by atoms with Crippen LogP contribution in [0.1, 0.15) is 18.4 Å². The Morgan fingerprint density at radius 2 is 1.85 bits per heavy atom. The Morgan fingerprint density at radius 1 is 1.15 bits per heavy atom. The molecule has 1 aromatic heterocycles. The Hall–Kier alpha value is -1.55. The molecule has 1 N–H and O–H groups in total. The Morgan fingerprint density at radius 3 is 2.50 bits per heavy atom. The zero-order valence-corrected chi connectivity index (χ0v) is 13.2. The number of rotatable bonds is 3. The van der Waals surface area contributed by atoms with Crippen molar-refractivity contribution in [3.05, 3.63) is 46.6 Å². The Balaban J connectivity index is 1.72. The molecule has 0 bridgehead atoms. The highest BCUT2D eigenvalue weighted by Gasteiger charge is 2.11. The summed E-state index contributed by atoms with van der Waals surface area (Å²) in [6.07, 6.45) is 4.44. The molecule has 3 rings (SSSR count). The third-order valence-corrected chi connectivity index (χ3v) is 4.49. The van der Waals surface area contributed by atoms with Crippen LogP contribution in [-0.2, 0) is 0 Å². The fourth-order valence-corrected chi connectivity index (χ4v) is 2.70. The first-order chi connectivity index (χ1) is 9.72. The lowest BCUT2D eigenvalue weighted by Gasteiger charge is -2.18. The average Bonchev–Trinajstić information content (AvgIpc) is 2.98. The minimum absolute atomic E-state index is 0.875. The molecule has 1 saturated heterocycles. The van der Waals surface area contributed by atoms with Crippen LogP contribution in [0.2, 0.25) is 0 Å². The van der Waals surface area contributed by atoms with Crippen molar-refractivity contribution >= 4 is 33.1 Å². The number of nitrogens with zero attached hydrogens (tertiary/aromatic N) is 2. The van der Waals surface area contributed by atoms with Gasteiger partial charge in [0.15, 0.2) is 0 Å². The number of aryl methyl sites for hydroxylation is 1. The lowest BCUT2D eigenvalue weighted by atomic mass is 10.2. The van der Waals surface area contributed by atoms with Crippen LogP contribution in [-0.4, -0.2) is 18.1 Å². The van der Waals surface area contributed by atoms with E-state index in [9.17, 15) is 0 Å². The second-order valence-corrected chi connectivity index (χ2v) is 6.04. The van der Waals surface area contributed by atoms with E-state index in [0.29, 0.717) is 0 Å². The Labute approximate surface area is 128 Å². The van der Waals surface area contributed by atoms with Crippen LogP contribution in [0, 0.1) is 6.92 Å². The number of pyridine rings is 1. The standard InChI is InChI=1S/C16H18BrN3/c1-12-10-16(18-11-15(12)17)19-13-4-6-14(7-5-13)20-8-2-3-9-20/h4-7,10-11H,2-3,8-9H2,1H3,(H,18,19). The van der Waals surface area contributed by atoms with E-state index in [2.05, 4.69) is 62.3 Å². The molecule has 1 fully saturated rings. The monoisotopic (exact) mass is 331 g/mol. The molecule has 4 heteroatoms. The van der Waals surface area contributed by atoms with E-state index < -0.39 is 0 Å². The maximum atomic E-state index is 4.37. The third kappa shape index (κ3) is 2.96. The van der Waals surface area contributed by atoms with Gasteiger partial charge in [0, 0.05) is 35.1 Å². The van der Waals surface area contributed by atoms with Gasteiger partial charge in [-0.25, -0.2) is 4.98 Å². The molecular weight excluding hydrogens is 314 g/mol. The van der Waals surface area contributed by atoms with E-state index in [-0.39, 0.29) is 0 Å². The molecule has 104 valence electrons. The number of hydrogen-bond donors (Lipinski definition) is 1. The molecule has 3 nitrogen and oxygen atoms in total. The van der Waals surface area contributed by atoms with Crippen LogP contribution in [0.5, 0.6) is 0 Å². The van der Waals surface area contributed by atoms with E-state index in [0.717, 1.165) is 16.0 Å². The van der Waals surface area contributed by atoms with Crippen molar-refractivity contribution in [2.45, 2.75) is 19.8 Å². The number of hydrogen-bond acceptors (Lipinski definition) is 3. The Bertz CT molecular complexity index is 589. The summed E-state index contributed by atoms with van der Waals surface area (Å²) in [5.74, 6) is 0.875. The van der Waals surface area contributed by atoms with Gasteiger partial charge in [-0.2, -0.15) is 0 Å². The largest absolute Gasteiger partial charge is 0.372 e. The quantitative estimate of drug-likeness (QED) is 0.897. The highest BCUT2D eigenvalue weighted by atomic mass is 79.9. The Kier molecular flexibility index (Phi) is 3.92. The molecule has 2 aromatic rings. The van der Waals surface area contributed by atoms with Gasteiger partial charge in [0.25, 0.3) is 0 Å². The molecule has 2 heterocycles. The molecule has 1 aliphatic rings. The first-order valence-corrected chi connectivity index (χ1v) is 7.76. The second-order valence-electron chi connectivity index (χ2n) is 5.18.